The molecular weight excluding hydrogens is 240 g/mol. The molecule has 2 unspecified atom stereocenters. The zero-order valence-corrected chi connectivity index (χ0v) is 12.5. The van der Waals surface area contributed by atoms with Crippen molar-refractivity contribution in [2.24, 2.45) is 0 Å². The molecule has 100 valence electrons. The number of hydrogen-bond donors (Lipinski definition) is 1. The van der Waals surface area contributed by atoms with Gasteiger partial charge in [-0.2, -0.15) is 11.8 Å². The highest BCUT2D eigenvalue weighted by Gasteiger charge is 2.23. The van der Waals surface area contributed by atoms with Crippen molar-refractivity contribution in [3.05, 3.63) is 29.8 Å². The van der Waals surface area contributed by atoms with Crippen LogP contribution in [-0.4, -0.2) is 31.6 Å². The van der Waals surface area contributed by atoms with Crippen molar-refractivity contribution in [2.45, 2.75) is 37.1 Å². The minimum Gasteiger partial charge on any atom is -0.378 e. The Morgan fingerprint density at radius 1 is 1.22 bits per heavy atom. The van der Waals surface area contributed by atoms with Crippen LogP contribution in [0.2, 0.25) is 0 Å². The molecule has 2 atom stereocenters. The van der Waals surface area contributed by atoms with Crippen molar-refractivity contribution in [3.8, 4) is 0 Å². The Balaban J connectivity index is 1.80. The van der Waals surface area contributed by atoms with Gasteiger partial charge in [0.05, 0.1) is 0 Å². The molecular formula is C15H24N2S. The molecule has 1 aliphatic rings. The van der Waals surface area contributed by atoms with Crippen LogP contribution in [0.3, 0.4) is 0 Å². The van der Waals surface area contributed by atoms with Crippen LogP contribution in [0.15, 0.2) is 24.3 Å². The van der Waals surface area contributed by atoms with Crippen LogP contribution < -0.4 is 10.2 Å². The highest BCUT2D eigenvalue weighted by atomic mass is 32.2. The lowest BCUT2D eigenvalue weighted by Crippen LogP contribution is -2.26. The fraction of sp³-hybridized carbons (Fsp3) is 0.600. The maximum absolute atomic E-state index is 3.68. The molecule has 2 nitrogen and oxygen atoms in total. The molecule has 0 saturated heterocycles. The number of anilines is 1. The summed E-state index contributed by atoms with van der Waals surface area (Å²) in [6, 6.07) is 9.55. The second-order valence-corrected chi connectivity index (χ2v) is 6.45. The summed E-state index contributed by atoms with van der Waals surface area (Å²) in [6.45, 7) is 0.999. The monoisotopic (exact) mass is 264 g/mol. The fourth-order valence-corrected chi connectivity index (χ4v) is 3.31. The topological polar surface area (TPSA) is 15.3 Å². The van der Waals surface area contributed by atoms with Gasteiger partial charge in [0.1, 0.15) is 0 Å². The van der Waals surface area contributed by atoms with Gasteiger partial charge in [-0.15, -0.1) is 0 Å². The van der Waals surface area contributed by atoms with E-state index in [1.54, 1.807) is 0 Å². The van der Waals surface area contributed by atoms with Gasteiger partial charge < -0.3 is 10.2 Å². The smallest absolute Gasteiger partial charge is 0.0361 e. The molecule has 1 fully saturated rings. The van der Waals surface area contributed by atoms with E-state index in [4.69, 9.17) is 0 Å². The van der Waals surface area contributed by atoms with Gasteiger partial charge in [0.15, 0.2) is 0 Å². The maximum atomic E-state index is 3.68. The average molecular weight is 264 g/mol. The first-order valence-electron chi connectivity index (χ1n) is 6.71. The first-order chi connectivity index (χ1) is 8.69. The predicted octanol–water partition coefficient (Wildman–Crippen LogP) is 3.13. The van der Waals surface area contributed by atoms with Gasteiger partial charge in [0.25, 0.3) is 0 Å². The van der Waals surface area contributed by atoms with E-state index in [0.717, 1.165) is 17.8 Å². The predicted molar refractivity (Wildman–Crippen MR) is 82.6 cm³/mol. The summed E-state index contributed by atoms with van der Waals surface area (Å²) in [4.78, 5) is 2.14. The summed E-state index contributed by atoms with van der Waals surface area (Å²) in [5.74, 6) is 0. The minimum atomic E-state index is 0.718. The van der Waals surface area contributed by atoms with E-state index in [9.17, 15) is 0 Å². The van der Waals surface area contributed by atoms with E-state index >= 15 is 0 Å². The molecule has 18 heavy (non-hydrogen) atoms. The molecule has 0 spiro atoms. The first-order valence-corrected chi connectivity index (χ1v) is 8.00. The zero-order chi connectivity index (χ0) is 13.0. The number of benzene rings is 1. The van der Waals surface area contributed by atoms with E-state index in [-0.39, 0.29) is 0 Å². The first kappa shape index (κ1) is 13.8. The Bertz CT molecular complexity index is 361. The van der Waals surface area contributed by atoms with Crippen molar-refractivity contribution in [2.75, 3.05) is 25.3 Å². The summed E-state index contributed by atoms with van der Waals surface area (Å²) in [7, 11) is 4.16. The summed E-state index contributed by atoms with van der Waals surface area (Å²) in [6.07, 6.45) is 6.27. The Labute approximate surface area is 115 Å². The van der Waals surface area contributed by atoms with Gasteiger partial charge in [0, 0.05) is 37.6 Å². The Morgan fingerprint density at radius 2 is 1.94 bits per heavy atom. The normalized spacial score (nSPS) is 23.3. The molecule has 1 saturated carbocycles. The van der Waals surface area contributed by atoms with Gasteiger partial charge in [-0.05, 0) is 43.2 Å². The van der Waals surface area contributed by atoms with Gasteiger partial charge in [-0.3, -0.25) is 0 Å². The van der Waals surface area contributed by atoms with Gasteiger partial charge in [-0.25, -0.2) is 0 Å². The number of nitrogens with zero attached hydrogens (tertiary/aromatic N) is 1. The molecule has 0 aliphatic heterocycles. The number of thioether (sulfide) groups is 1. The second kappa shape index (κ2) is 6.48. The summed E-state index contributed by atoms with van der Waals surface area (Å²) >= 11 is 2.02. The molecule has 0 aromatic heterocycles. The van der Waals surface area contributed by atoms with E-state index in [1.807, 2.05) is 11.8 Å². The SMILES string of the molecule is CSC1CCC(NCc2ccc(N(C)C)cc2)C1. The molecule has 1 aromatic rings. The molecule has 0 heterocycles. The van der Waals surface area contributed by atoms with E-state index in [0.29, 0.717) is 0 Å². The van der Waals surface area contributed by atoms with Crippen molar-refractivity contribution in [1.29, 1.82) is 0 Å². The van der Waals surface area contributed by atoms with Crippen LogP contribution in [0.1, 0.15) is 24.8 Å². The zero-order valence-electron chi connectivity index (χ0n) is 11.6. The lowest BCUT2D eigenvalue weighted by molar-refractivity contribution is 0.525. The van der Waals surface area contributed by atoms with E-state index in [1.165, 1.54) is 30.5 Å². The van der Waals surface area contributed by atoms with Crippen molar-refractivity contribution in [3.63, 3.8) is 0 Å². The molecule has 1 N–H and O–H groups in total. The number of hydrogen-bond acceptors (Lipinski definition) is 3. The van der Waals surface area contributed by atoms with Crippen LogP contribution in [0.25, 0.3) is 0 Å². The highest BCUT2D eigenvalue weighted by Crippen LogP contribution is 2.28. The molecule has 0 radical (unpaired) electrons. The van der Waals surface area contributed by atoms with Gasteiger partial charge in [0.2, 0.25) is 0 Å². The third kappa shape index (κ3) is 3.66. The highest BCUT2D eigenvalue weighted by molar-refractivity contribution is 7.99. The van der Waals surface area contributed by atoms with Gasteiger partial charge >= 0.3 is 0 Å². The Morgan fingerprint density at radius 3 is 2.50 bits per heavy atom. The van der Waals surface area contributed by atoms with Crippen molar-refractivity contribution in [1.82, 2.24) is 5.32 Å². The lowest BCUT2D eigenvalue weighted by atomic mass is 10.1. The molecule has 0 bridgehead atoms. The van der Waals surface area contributed by atoms with Crippen molar-refractivity contribution >= 4 is 17.4 Å². The Kier molecular flexibility index (Phi) is 4.95. The summed E-state index contributed by atoms with van der Waals surface area (Å²) in [5.41, 5.74) is 2.65. The van der Waals surface area contributed by atoms with E-state index in [2.05, 4.69) is 54.8 Å². The maximum Gasteiger partial charge on any atom is 0.0361 e. The standard InChI is InChI=1S/C15H24N2S/c1-17(2)14-7-4-12(5-8-14)11-16-13-6-9-15(10-13)18-3/h4-5,7-8,13,15-16H,6,9-11H2,1-3H3. The largest absolute Gasteiger partial charge is 0.378 e. The van der Waals surface area contributed by atoms with Gasteiger partial charge in [-0.1, -0.05) is 12.1 Å². The van der Waals surface area contributed by atoms with Crippen LogP contribution >= 0.6 is 11.8 Å². The number of nitrogens with one attached hydrogen (secondary N) is 1. The Hall–Kier alpha value is -0.670. The molecule has 2 rings (SSSR count). The van der Waals surface area contributed by atoms with Crippen LogP contribution in [0.5, 0.6) is 0 Å². The van der Waals surface area contributed by atoms with Crippen LogP contribution in [0.4, 0.5) is 5.69 Å². The van der Waals surface area contributed by atoms with Crippen LogP contribution in [-0.2, 0) is 6.54 Å². The quantitative estimate of drug-likeness (QED) is 0.879. The molecule has 1 aromatic carbocycles. The second-order valence-electron chi connectivity index (χ2n) is 5.31. The summed E-state index contributed by atoms with van der Waals surface area (Å²) < 4.78 is 0. The third-order valence-corrected chi connectivity index (χ3v) is 4.86. The third-order valence-electron chi connectivity index (χ3n) is 3.77. The summed E-state index contributed by atoms with van der Waals surface area (Å²) in [5, 5.41) is 4.56. The van der Waals surface area contributed by atoms with E-state index < -0.39 is 0 Å². The van der Waals surface area contributed by atoms with Crippen LogP contribution in [0, 0.1) is 0 Å². The average Bonchev–Trinajstić information content (AvgIpc) is 2.85. The molecule has 3 heteroatoms. The van der Waals surface area contributed by atoms with Crippen molar-refractivity contribution < 1.29 is 0 Å². The molecule has 1 aliphatic carbocycles. The molecule has 0 amide bonds. The number of rotatable bonds is 5. The minimum absolute atomic E-state index is 0.718. The lowest BCUT2D eigenvalue weighted by Gasteiger charge is -2.15. The fourth-order valence-electron chi connectivity index (χ4n) is 2.51.